The average molecular weight is 510 g/mol. The van der Waals surface area contributed by atoms with Crippen LogP contribution in [0.2, 0.25) is 27.2 Å². The van der Waals surface area contributed by atoms with Crippen LogP contribution in [0.15, 0.2) is 12.1 Å². The van der Waals surface area contributed by atoms with Crippen LogP contribution in [0.5, 0.6) is 5.75 Å². The van der Waals surface area contributed by atoms with Gasteiger partial charge in [-0.15, -0.1) is 0 Å². The Balaban J connectivity index is 2.20. The molecule has 0 atom stereocenters. The lowest BCUT2D eigenvalue weighted by Crippen LogP contribution is -2.44. The highest BCUT2D eigenvalue weighted by Gasteiger charge is 2.37. The molecule has 0 saturated carbocycles. The molecule has 0 bridgehead atoms. The van der Waals surface area contributed by atoms with Gasteiger partial charge >= 0.3 is 8.56 Å². The Labute approximate surface area is 207 Å². The van der Waals surface area contributed by atoms with E-state index in [0.717, 1.165) is 25.1 Å². The maximum absolute atomic E-state index is 6.34. The molecule has 0 saturated heterocycles. The molecule has 0 unspecified atom stereocenters. The monoisotopic (exact) mass is 508 g/mol. The first-order valence-electron chi connectivity index (χ1n) is 12.5. The normalized spacial score (nSPS) is 11.8. The van der Waals surface area contributed by atoms with Gasteiger partial charge in [0.2, 0.25) is 0 Å². The van der Waals surface area contributed by atoms with Crippen molar-refractivity contribution in [3.8, 4) is 5.75 Å². The van der Waals surface area contributed by atoms with Gasteiger partial charge in [0.05, 0.1) is 10.0 Å². The molecule has 1 aromatic rings. The number of benzene rings is 1. The second-order valence-corrected chi connectivity index (χ2v) is 13.5. The van der Waals surface area contributed by atoms with Crippen LogP contribution in [0.25, 0.3) is 0 Å². The summed E-state index contributed by atoms with van der Waals surface area (Å²) < 4.78 is 12.7. The van der Waals surface area contributed by atoms with Gasteiger partial charge in [-0.3, -0.25) is 0 Å². The predicted molar refractivity (Wildman–Crippen MR) is 140 cm³/mol. The lowest BCUT2D eigenvalue weighted by Gasteiger charge is -2.30. The van der Waals surface area contributed by atoms with E-state index < -0.39 is 8.56 Å². The van der Waals surface area contributed by atoms with Crippen molar-refractivity contribution in [1.82, 2.24) is 0 Å². The smallest absolute Gasteiger partial charge is 0.398 e. The van der Waals surface area contributed by atoms with E-state index >= 15 is 0 Å². The van der Waals surface area contributed by atoms with Crippen molar-refractivity contribution >= 4 is 43.4 Å². The van der Waals surface area contributed by atoms with Crippen LogP contribution in [0.1, 0.15) is 104 Å². The largest absolute Gasteiger partial charge is 0.518 e. The summed E-state index contributed by atoms with van der Waals surface area (Å²) in [5.41, 5.74) is 0. The first-order chi connectivity index (χ1) is 15.0. The van der Waals surface area contributed by atoms with Crippen molar-refractivity contribution in [2.24, 2.45) is 0 Å². The molecule has 0 fully saturated rings. The van der Waals surface area contributed by atoms with Crippen molar-refractivity contribution in [2.45, 2.75) is 116 Å². The van der Waals surface area contributed by atoms with Crippen LogP contribution < -0.4 is 4.43 Å². The minimum atomic E-state index is -2.38. The molecule has 0 N–H and O–H groups in total. The van der Waals surface area contributed by atoms with Gasteiger partial charge in [-0.05, 0) is 30.6 Å². The summed E-state index contributed by atoms with van der Waals surface area (Å²) in [6.07, 6.45) is 17.5. The van der Waals surface area contributed by atoms with Gasteiger partial charge in [0.25, 0.3) is 0 Å². The molecular formula is C25H43Cl3O2Si. The Morgan fingerprint density at radius 3 is 1.48 bits per heavy atom. The number of hydrogen-bond donors (Lipinski definition) is 0. The molecule has 6 heteroatoms. The summed E-state index contributed by atoms with van der Waals surface area (Å²) in [5.74, 6) is 0.508. The van der Waals surface area contributed by atoms with E-state index in [1.807, 2.05) is 0 Å². The number of unbranched alkanes of at least 4 members (excludes halogenated alkanes) is 12. The first-order valence-corrected chi connectivity index (χ1v) is 15.8. The van der Waals surface area contributed by atoms with Gasteiger partial charge in [-0.25, -0.2) is 0 Å². The zero-order chi connectivity index (χ0) is 23.0. The highest BCUT2D eigenvalue weighted by Crippen LogP contribution is 2.38. The van der Waals surface area contributed by atoms with Crippen molar-refractivity contribution < 1.29 is 8.85 Å². The fourth-order valence-corrected chi connectivity index (χ4v) is 7.21. The lowest BCUT2D eigenvalue weighted by molar-refractivity contribution is 0.230. The highest BCUT2D eigenvalue weighted by atomic mass is 35.5. The van der Waals surface area contributed by atoms with E-state index in [9.17, 15) is 0 Å². The van der Waals surface area contributed by atoms with Crippen LogP contribution in [-0.2, 0) is 4.43 Å². The third-order valence-corrected chi connectivity index (χ3v) is 10.2. The summed E-state index contributed by atoms with van der Waals surface area (Å²) in [7, 11) is -2.38. The average Bonchev–Trinajstić information content (AvgIpc) is 2.75. The molecule has 1 aromatic carbocycles. The van der Waals surface area contributed by atoms with E-state index in [2.05, 4.69) is 20.8 Å². The predicted octanol–water partition coefficient (Wildman–Crippen LogP) is 10.6. The standard InChI is InChI=1S/C25H43Cl3O2Si/c1-4-7-8-9-10-11-12-13-14-15-16-17-18-19-29-31(5-2,6-3)30-25-23(27)20-22(26)21-24(25)28/h20-21H,4-19H2,1-3H3. The molecule has 0 radical (unpaired) electrons. The van der Waals surface area contributed by atoms with E-state index in [1.54, 1.807) is 12.1 Å². The second-order valence-electron chi connectivity index (χ2n) is 8.51. The quantitative estimate of drug-likeness (QED) is 0.136. The van der Waals surface area contributed by atoms with Gasteiger partial charge in [-0.2, -0.15) is 0 Å². The SMILES string of the molecule is CCCCCCCCCCCCCCCO[Si](CC)(CC)Oc1c(Cl)cc(Cl)cc1Cl. The van der Waals surface area contributed by atoms with E-state index in [0.29, 0.717) is 20.8 Å². The molecule has 0 aliphatic carbocycles. The van der Waals surface area contributed by atoms with E-state index in [-0.39, 0.29) is 0 Å². The fraction of sp³-hybridized carbons (Fsp3) is 0.760. The maximum Gasteiger partial charge on any atom is 0.398 e. The number of hydrogen-bond acceptors (Lipinski definition) is 2. The van der Waals surface area contributed by atoms with Gasteiger partial charge < -0.3 is 8.85 Å². The van der Waals surface area contributed by atoms with E-state index in [4.69, 9.17) is 43.7 Å². The highest BCUT2D eigenvalue weighted by molar-refractivity contribution is 6.68. The van der Waals surface area contributed by atoms with Crippen LogP contribution in [0.3, 0.4) is 0 Å². The Kier molecular flexibility index (Phi) is 16.5. The summed E-state index contributed by atoms with van der Waals surface area (Å²) in [4.78, 5) is 0. The summed E-state index contributed by atoms with van der Waals surface area (Å²) >= 11 is 18.7. The molecule has 1 rings (SSSR count). The molecular weight excluding hydrogens is 467 g/mol. The van der Waals surface area contributed by atoms with Crippen molar-refractivity contribution in [2.75, 3.05) is 6.61 Å². The fourth-order valence-electron chi connectivity index (χ4n) is 3.82. The van der Waals surface area contributed by atoms with Crippen molar-refractivity contribution in [1.29, 1.82) is 0 Å². The zero-order valence-electron chi connectivity index (χ0n) is 19.9. The summed E-state index contributed by atoms with van der Waals surface area (Å²) in [5, 5.41) is 1.40. The molecule has 0 aromatic heterocycles. The Bertz CT molecular complexity index is 571. The van der Waals surface area contributed by atoms with Crippen LogP contribution in [0.4, 0.5) is 0 Å². The summed E-state index contributed by atoms with van der Waals surface area (Å²) in [6.45, 7) is 7.27. The molecule has 0 aliphatic rings. The maximum atomic E-state index is 6.34. The topological polar surface area (TPSA) is 18.5 Å². The third kappa shape index (κ3) is 12.2. The molecule has 0 spiro atoms. The minimum absolute atomic E-state index is 0.445. The van der Waals surface area contributed by atoms with Crippen LogP contribution in [-0.4, -0.2) is 15.2 Å². The molecule has 31 heavy (non-hydrogen) atoms. The number of halogens is 3. The Morgan fingerprint density at radius 2 is 1.06 bits per heavy atom. The Morgan fingerprint density at radius 1 is 0.645 bits per heavy atom. The second kappa shape index (κ2) is 17.5. The van der Waals surface area contributed by atoms with Gasteiger partial charge in [0.15, 0.2) is 0 Å². The van der Waals surface area contributed by atoms with E-state index in [1.165, 1.54) is 77.0 Å². The molecule has 180 valence electrons. The Hall–Kier alpha value is 0.0669. The molecule has 0 aliphatic heterocycles. The number of rotatable bonds is 19. The third-order valence-electron chi connectivity index (χ3n) is 5.94. The molecule has 2 nitrogen and oxygen atoms in total. The lowest BCUT2D eigenvalue weighted by atomic mass is 10.0. The summed E-state index contributed by atoms with van der Waals surface area (Å²) in [6, 6.07) is 5.05. The first kappa shape index (κ1) is 29.1. The zero-order valence-corrected chi connectivity index (χ0v) is 23.2. The van der Waals surface area contributed by atoms with Gasteiger partial charge in [0.1, 0.15) is 5.75 Å². The molecule has 0 heterocycles. The van der Waals surface area contributed by atoms with Crippen LogP contribution in [0, 0.1) is 0 Å². The van der Waals surface area contributed by atoms with Crippen LogP contribution >= 0.6 is 34.8 Å². The van der Waals surface area contributed by atoms with Gasteiger partial charge in [0, 0.05) is 11.6 Å². The molecule has 0 amide bonds. The van der Waals surface area contributed by atoms with Gasteiger partial charge in [-0.1, -0.05) is 133 Å². The van der Waals surface area contributed by atoms with Crippen molar-refractivity contribution in [3.05, 3.63) is 27.2 Å². The van der Waals surface area contributed by atoms with Crippen molar-refractivity contribution in [3.63, 3.8) is 0 Å². The minimum Gasteiger partial charge on any atom is -0.518 e.